The summed E-state index contributed by atoms with van der Waals surface area (Å²) in [4.78, 5) is 23.4. The van der Waals surface area contributed by atoms with Crippen molar-refractivity contribution in [3.05, 3.63) is 29.3 Å². The highest BCUT2D eigenvalue weighted by Crippen LogP contribution is 2.23. The molecule has 19 heavy (non-hydrogen) atoms. The molecule has 0 bridgehead atoms. The van der Waals surface area contributed by atoms with Crippen molar-refractivity contribution >= 4 is 17.5 Å². The van der Waals surface area contributed by atoms with Gasteiger partial charge >= 0.3 is 0 Å². The summed E-state index contributed by atoms with van der Waals surface area (Å²) in [6.45, 7) is 1.80. The molecule has 1 saturated heterocycles. The molecule has 3 N–H and O–H groups in total. The number of hydrogen-bond donors (Lipinski definition) is 3. The minimum Gasteiger partial charge on any atom is -0.348 e. The van der Waals surface area contributed by atoms with Crippen LogP contribution in [0.4, 0.5) is 5.69 Å². The Balaban J connectivity index is 1.74. The van der Waals surface area contributed by atoms with Gasteiger partial charge in [-0.05, 0) is 43.1 Å². The van der Waals surface area contributed by atoms with Gasteiger partial charge in [0.2, 0.25) is 5.91 Å². The monoisotopic (exact) mass is 259 g/mol. The van der Waals surface area contributed by atoms with E-state index in [0.717, 1.165) is 30.8 Å². The largest absolute Gasteiger partial charge is 0.348 e. The smallest absolute Gasteiger partial charge is 0.251 e. The Labute approximate surface area is 111 Å². The molecule has 3 rings (SSSR count). The van der Waals surface area contributed by atoms with Crippen molar-refractivity contribution < 1.29 is 9.59 Å². The molecule has 1 fully saturated rings. The van der Waals surface area contributed by atoms with E-state index in [4.69, 9.17) is 0 Å². The zero-order valence-electron chi connectivity index (χ0n) is 10.7. The lowest BCUT2D eigenvalue weighted by molar-refractivity contribution is -0.116. The number of carbonyl (C=O) groups excluding carboxylic acids is 2. The highest BCUT2D eigenvalue weighted by molar-refractivity contribution is 5.98. The fourth-order valence-electron chi connectivity index (χ4n) is 2.57. The fraction of sp³-hybridized carbons (Fsp3) is 0.429. The van der Waals surface area contributed by atoms with E-state index >= 15 is 0 Å². The molecule has 0 spiro atoms. The molecular formula is C14H17N3O2. The number of nitrogens with one attached hydrogen (secondary N) is 3. The Morgan fingerprint density at radius 3 is 3.00 bits per heavy atom. The number of carbonyl (C=O) groups is 2. The lowest BCUT2D eigenvalue weighted by Crippen LogP contribution is -2.36. The van der Waals surface area contributed by atoms with Crippen LogP contribution in [-0.2, 0) is 11.2 Å². The Kier molecular flexibility index (Phi) is 3.21. The van der Waals surface area contributed by atoms with Crippen LogP contribution < -0.4 is 16.0 Å². The molecule has 0 unspecified atom stereocenters. The van der Waals surface area contributed by atoms with Crippen molar-refractivity contribution in [2.45, 2.75) is 25.3 Å². The third-order valence-electron chi connectivity index (χ3n) is 3.66. The summed E-state index contributed by atoms with van der Waals surface area (Å²) < 4.78 is 0. The van der Waals surface area contributed by atoms with E-state index in [2.05, 4.69) is 16.0 Å². The third kappa shape index (κ3) is 2.61. The summed E-state index contributed by atoms with van der Waals surface area (Å²) in [5, 5.41) is 9.06. The van der Waals surface area contributed by atoms with Gasteiger partial charge in [-0.3, -0.25) is 9.59 Å². The van der Waals surface area contributed by atoms with Crippen LogP contribution in [-0.4, -0.2) is 30.9 Å². The van der Waals surface area contributed by atoms with E-state index in [1.54, 1.807) is 6.07 Å². The highest BCUT2D eigenvalue weighted by Gasteiger charge is 2.20. The Bertz CT molecular complexity index is 521. The highest BCUT2D eigenvalue weighted by atomic mass is 16.2. The summed E-state index contributed by atoms with van der Waals surface area (Å²) in [5.41, 5.74) is 2.54. The summed E-state index contributed by atoms with van der Waals surface area (Å²) in [7, 11) is 0. The van der Waals surface area contributed by atoms with Crippen molar-refractivity contribution in [3.8, 4) is 0 Å². The first kappa shape index (κ1) is 12.2. The minimum atomic E-state index is -0.0339. The molecule has 0 saturated carbocycles. The van der Waals surface area contributed by atoms with Crippen LogP contribution in [0.1, 0.15) is 28.8 Å². The van der Waals surface area contributed by atoms with Crippen molar-refractivity contribution in [1.82, 2.24) is 10.6 Å². The van der Waals surface area contributed by atoms with Gasteiger partial charge in [0.15, 0.2) is 0 Å². The molecule has 2 aliphatic rings. The second kappa shape index (κ2) is 5.01. The van der Waals surface area contributed by atoms with Crippen LogP contribution in [0.25, 0.3) is 0 Å². The van der Waals surface area contributed by atoms with E-state index in [-0.39, 0.29) is 17.9 Å². The Hall–Kier alpha value is -1.88. The van der Waals surface area contributed by atoms with Crippen molar-refractivity contribution in [3.63, 3.8) is 0 Å². The molecule has 5 heteroatoms. The van der Waals surface area contributed by atoms with Crippen LogP contribution in [0.5, 0.6) is 0 Å². The van der Waals surface area contributed by atoms with Crippen molar-refractivity contribution in [1.29, 1.82) is 0 Å². The molecule has 2 aliphatic heterocycles. The maximum atomic E-state index is 12.1. The van der Waals surface area contributed by atoms with E-state index in [1.807, 2.05) is 12.1 Å². The van der Waals surface area contributed by atoms with Gasteiger partial charge in [-0.1, -0.05) is 0 Å². The zero-order chi connectivity index (χ0) is 13.2. The molecule has 2 amide bonds. The molecule has 2 heterocycles. The maximum absolute atomic E-state index is 12.1. The quantitative estimate of drug-likeness (QED) is 0.731. The van der Waals surface area contributed by atoms with Crippen LogP contribution in [0.2, 0.25) is 0 Å². The molecule has 1 atom stereocenters. The summed E-state index contributed by atoms with van der Waals surface area (Å²) in [6.07, 6.45) is 2.17. The molecule has 0 aromatic heterocycles. The number of benzene rings is 1. The maximum Gasteiger partial charge on any atom is 0.251 e. The Morgan fingerprint density at radius 1 is 1.32 bits per heavy atom. The van der Waals surface area contributed by atoms with Gasteiger partial charge in [-0.15, -0.1) is 0 Å². The number of hydrogen-bond acceptors (Lipinski definition) is 3. The first-order chi connectivity index (χ1) is 9.22. The fourth-order valence-corrected chi connectivity index (χ4v) is 2.57. The van der Waals surface area contributed by atoms with Gasteiger partial charge < -0.3 is 16.0 Å². The number of fused-ring (bicyclic) bond motifs is 1. The van der Waals surface area contributed by atoms with Crippen LogP contribution in [0, 0.1) is 0 Å². The molecule has 0 aliphatic carbocycles. The van der Waals surface area contributed by atoms with Gasteiger partial charge in [0.25, 0.3) is 5.91 Å². The van der Waals surface area contributed by atoms with Crippen LogP contribution in [0.15, 0.2) is 18.2 Å². The summed E-state index contributed by atoms with van der Waals surface area (Å²) >= 11 is 0. The lowest BCUT2D eigenvalue weighted by atomic mass is 10.00. The van der Waals surface area contributed by atoms with Crippen LogP contribution >= 0.6 is 0 Å². The van der Waals surface area contributed by atoms with Crippen molar-refractivity contribution in [2.75, 3.05) is 18.4 Å². The molecule has 1 aromatic carbocycles. The van der Waals surface area contributed by atoms with Gasteiger partial charge in [0, 0.05) is 30.3 Å². The first-order valence-corrected chi connectivity index (χ1v) is 6.67. The van der Waals surface area contributed by atoms with Gasteiger partial charge in [0.05, 0.1) is 0 Å². The lowest BCUT2D eigenvalue weighted by Gasteiger charge is -2.18. The summed E-state index contributed by atoms with van der Waals surface area (Å²) in [6, 6.07) is 5.69. The minimum absolute atomic E-state index is 0.0339. The van der Waals surface area contributed by atoms with Gasteiger partial charge in [-0.2, -0.15) is 0 Å². The van der Waals surface area contributed by atoms with Crippen molar-refractivity contribution in [2.24, 2.45) is 0 Å². The van der Waals surface area contributed by atoms with Crippen LogP contribution in [0.3, 0.4) is 0 Å². The predicted octanol–water partition coefficient (Wildman–Crippen LogP) is 0.663. The number of anilines is 1. The topological polar surface area (TPSA) is 70.2 Å². The second-order valence-electron chi connectivity index (χ2n) is 5.08. The van der Waals surface area contributed by atoms with E-state index in [9.17, 15) is 9.59 Å². The molecule has 100 valence electrons. The second-order valence-corrected chi connectivity index (χ2v) is 5.08. The normalized spacial score (nSPS) is 21.7. The van der Waals surface area contributed by atoms with E-state index in [0.29, 0.717) is 18.4 Å². The molecule has 1 aromatic rings. The molecule has 5 nitrogen and oxygen atoms in total. The molecule has 0 radical (unpaired) electrons. The van der Waals surface area contributed by atoms with E-state index < -0.39 is 0 Å². The predicted molar refractivity (Wildman–Crippen MR) is 72.1 cm³/mol. The Morgan fingerprint density at radius 2 is 2.21 bits per heavy atom. The molecular weight excluding hydrogens is 242 g/mol. The SMILES string of the molecule is O=C1CCc2cc(C(=O)N[C@@H]3CCNC3)ccc2N1. The number of aryl methyl sites for hydroxylation is 1. The summed E-state index contributed by atoms with van der Waals surface area (Å²) in [5.74, 6) is 0.00938. The average Bonchev–Trinajstić information content (AvgIpc) is 2.91. The first-order valence-electron chi connectivity index (χ1n) is 6.67. The zero-order valence-corrected chi connectivity index (χ0v) is 10.7. The third-order valence-corrected chi connectivity index (χ3v) is 3.66. The van der Waals surface area contributed by atoms with Gasteiger partial charge in [-0.25, -0.2) is 0 Å². The number of amides is 2. The standard InChI is InChI=1S/C14H17N3O2/c18-13-4-2-9-7-10(1-3-12(9)17-13)14(19)16-11-5-6-15-8-11/h1,3,7,11,15H,2,4-6,8H2,(H,16,19)(H,17,18)/t11-/m1/s1. The van der Waals surface area contributed by atoms with Gasteiger partial charge in [0.1, 0.15) is 0 Å². The number of rotatable bonds is 2. The van der Waals surface area contributed by atoms with E-state index in [1.165, 1.54) is 0 Å². The average molecular weight is 259 g/mol.